The van der Waals surface area contributed by atoms with Gasteiger partial charge in [0.1, 0.15) is 46.9 Å². The number of nitrogens with zero attached hydrogens (tertiary/aromatic N) is 2. The largest absolute Gasteiger partial charge is 0.612 e. The van der Waals surface area contributed by atoms with Gasteiger partial charge in [-0.25, -0.2) is 9.97 Å². The number of H-pyrrole nitrogens is 1. The molecule has 0 radical (unpaired) electrons. The third-order valence-corrected chi connectivity index (χ3v) is 6.05. The number of ether oxygens (including phenoxy) is 3. The van der Waals surface area contributed by atoms with Crippen LogP contribution in [0.25, 0.3) is 33.7 Å². The van der Waals surface area contributed by atoms with Gasteiger partial charge in [0.15, 0.2) is 10.7 Å². The SMILES string of the molecule is COc1cc(OC)c2c(=O)[nH]c(-c3ccc(OCCO)c(-c4ccc([S+](C)[O-])cc4)n3)nc2c1. The zero-order valence-corrected chi connectivity index (χ0v) is 19.6. The van der Waals surface area contributed by atoms with Crippen LogP contribution in [0.1, 0.15) is 0 Å². The fourth-order valence-corrected chi connectivity index (χ4v) is 3.99. The summed E-state index contributed by atoms with van der Waals surface area (Å²) >= 11 is -1.11. The molecule has 0 aliphatic rings. The minimum Gasteiger partial charge on any atom is -0.612 e. The molecular formula is C24H23N3O6S. The number of aliphatic hydroxyl groups is 1. The van der Waals surface area contributed by atoms with Crippen LogP contribution in [0.2, 0.25) is 0 Å². The van der Waals surface area contributed by atoms with Crippen LogP contribution in [0.5, 0.6) is 17.2 Å². The zero-order chi connectivity index (χ0) is 24.2. The van der Waals surface area contributed by atoms with Crippen molar-refractivity contribution in [1.82, 2.24) is 15.0 Å². The molecule has 2 aromatic heterocycles. The van der Waals surface area contributed by atoms with Crippen molar-refractivity contribution >= 4 is 22.1 Å². The van der Waals surface area contributed by atoms with E-state index in [1.165, 1.54) is 14.2 Å². The van der Waals surface area contributed by atoms with Gasteiger partial charge in [-0.05, 0) is 47.6 Å². The number of aromatic amines is 1. The van der Waals surface area contributed by atoms with Gasteiger partial charge in [-0.15, -0.1) is 0 Å². The molecule has 176 valence electrons. The van der Waals surface area contributed by atoms with Crippen molar-refractivity contribution in [1.29, 1.82) is 0 Å². The maximum absolute atomic E-state index is 12.9. The third-order valence-electron chi connectivity index (χ3n) is 5.11. The standard InChI is InChI=1S/C24H23N3O6S/c1-31-15-12-18-21(20(13-15)32-2)24(29)27-23(26-18)17-8-9-19(33-11-10-28)22(25-17)14-4-6-16(7-5-14)34(3)30/h4-9,12-13,28H,10-11H2,1-3H3,(H,26,27,29). The van der Waals surface area contributed by atoms with Crippen LogP contribution in [0.15, 0.2) is 58.2 Å². The first kappa shape index (κ1) is 23.6. The van der Waals surface area contributed by atoms with Gasteiger partial charge in [0.2, 0.25) is 0 Å². The van der Waals surface area contributed by atoms with Gasteiger partial charge in [-0.1, -0.05) is 0 Å². The molecule has 10 heteroatoms. The Morgan fingerprint density at radius 1 is 1.03 bits per heavy atom. The number of hydrogen-bond donors (Lipinski definition) is 2. The highest BCUT2D eigenvalue weighted by Crippen LogP contribution is 2.32. The molecule has 2 heterocycles. The van der Waals surface area contributed by atoms with E-state index in [0.29, 0.717) is 44.4 Å². The van der Waals surface area contributed by atoms with Crippen LogP contribution >= 0.6 is 0 Å². The van der Waals surface area contributed by atoms with E-state index in [4.69, 9.17) is 19.2 Å². The molecule has 0 fully saturated rings. The van der Waals surface area contributed by atoms with Gasteiger partial charge in [-0.2, -0.15) is 0 Å². The Bertz CT molecular complexity index is 1370. The molecule has 0 saturated heterocycles. The third kappa shape index (κ3) is 4.69. The summed E-state index contributed by atoms with van der Waals surface area (Å²) in [4.78, 5) is 25.6. The van der Waals surface area contributed by atoms with Crippen molar-refractivity contribution in [2.45, 2.75) is 4.90 Å². The summed E-state index contributed by atoms with van der Waals surface area (Å²) in [6.07, 6.45) is 1.61. The van der Waals surface area contributed by atoms with Crippen molar-refractivity contribution in [2.75, 3.05) is 33.7 Å². The smallest absolute Gasteiger partial charge is 0.262 e. The first-order chi connectivity index (χ1) is 16.4. The van der Waals surface area contributed by atoms with Crippen LogP contribution < -0.4 is 19.8 Å². The summed E-state index contributed by atoms with van der Waals surface area (Å²) < 4.78 is 28.1. The highest BCUT2D eigenvalue weighted by Gasteiger charge is 2.17. The van der Waals surface area contributed by atoms with Gasteiger partial charge in [-0.3, -0.25) is 4.79 Å². The molecular weight excluding hydrogens is 458 g/mol. The molecule has 4 aromatic rings. The minimum absolute atomic E-state index is 0.0930. The summed E-state index contributed by atoms with van der Waals surface area (Å²) in [5.74, 6) is 1.57. The van der Waals surface area contributed by atoms with E-state index in [-0.39, 0.29) is 24.6 Å². The number of methoxy groups -OCH3 is 2. The summed E-state index contributed by atoms with van der Waals surface area (Å²) in [5, 5.41) is 9.49. The predicted octanol–water partition coefficient (Wildman–Crippen LogP) is 2.78. The topological polar surface area (TPSA) is 130 Å². The van der Waals surface area contributed by atoms with E-state index in [0.717, 1.165) is 5.56 Å². The Hall–Kier alpha value is -3.60. The highest BCUT2D eigenvalue weighted by molar-refractivity contribution is 7.90. The van der Waals surface area contributed by atoms with Gasteiger partial charge in [0.05, 0.1) is 26.3 Å². The van der Waals surface area contributed by atoms with Gasteiger partial charge in [0.25, 0.3) is 5.56 Å². The van der Waals surface area contributed by atoms with Crippen LogP contribution in [0.4, 0.5) is 0 Å². The lowest BCUT2D eigenvalue weighted by Crippen LogP contribution is -2.12. The fourth-order valence-electron chi connectivity index (χ4n) is 3.47. The number of benzene rings is 2. The molecule has 34 heavy (non-hydrogen) atoms. The summed E-state index contributed by atoms with van der Waals surface area (Å²) in [7, 11) is 2.99. The van der Waals surface area contributed by atoms with Gasteiger partial charge < -0.3 is 28.9 Å². The second kappa shape index (κ2) is 10.1. The maximum Gasteiger partial charge on any atom is 0.262 e. The van der Waals surface area contributed by atoms with E-state index < -0.39 is 11.2 Å². The average molecular weight is 482 g/mol. The summed E-state index contributed by atoms with van der Waals surface area (Å²) in [6, 6.07) is 13.7. The Kier molecular flexibility index (Phi) is 7.01. The van der Waals surface area contributed by atoms with E-state index in [1.54, 1.807) is 54.8 Å². The monoisotopic (exact) mass is 481 g/mol. The van der Waals surface area contributed by atoms with Gasteiger partial charge in [0, 0.05) is 17.7 Å². The van der Waals surface area contributed by atoms with Gasteiger partial charge >= 0.3 is 0 Å². The van der Waals surface area contributed by atoms with Crippen molar-refractivity contribution < 1.29 is 23.9 Å². The number of aliphatic hydroxyl groups excluding tert-OH is 1. The number of fused-ring (bicyclic) bond motifs is 1. The van der Waals surface area contributed by atoms with Crippen molar-refractivity contribution in [3.05, 3.63) is 58.9 Å². The molecule has 0 aliphatic carbocycles. The maximum atomic E-state index is 12.9. The number of aromatic nitrogens is 3. The van der Waals surface area contributed by atoms with Crippen molar-refractivity contribution in [3.8, 4) is 40.0 Å². The van der Waals surface area contributed by atoms with Crippen LogP contribution in [0, 0.1) is 0 Å². The zero-order valence-electron chi connectivity index (χ0n) is 18.8. The Balaban J connectivity index is 1.86. The molecule has 0 saturated carbocycles. The quantitative estimate of drug-likeness (QED) is 0.368. The molecule has 1 unspecified atom stereocenters. The number of hydrogen-bond acceptors (Lipinski definition) is 8. The predicted molar refractivity (Wildman–Crippen MR) is 129 cm³/mol. The molecule has 0 aliphatic heterocycles. The fraction of sp³-hybridized carbons (Fsp3) is 0.208. The van der Waals surface area contributed by atoms with Crippen molar-refractivity contribution in [3.63, 3.8) is 0 Å². The summed E-state index contributed by atoms with van der Waals surface area (Å²) in [6.45, 7) is -0.0616. The first-order valence-electron chi connectivity index (χ1n) is 10.3. The molecule has 0 spiro atoms. The molecule has 0 amide bonds. The lowest BCUT2D eigenvalue weighted by atomic mass is 10.1. The van der Waals surface area contributed by atoms with E-state index in [9.17, 15) is 14.5 Å². The second-order valence-corrected chi connectivity index (χ2v) is 8.61. The first-order valence-corrected chi connectivity index (χ1v) is 11.9. The average Bonchev–Trinajstić information content (AvgIpc) is 2.86. The summed E-state index contributed by atoms with van der Waals surface area (Å²) in [5.41, 5.74) is 1.64. The van der Waals surface area contributed by atoms with E-state index in [1.807, 2.05) is 0 Å². The number of rotatable bonds is 8. The molecule has 2 aromatic carbocycles. The molecule has 1 atom stereocenters. The lowest BCUT2D eigenvalue weighted by molar-refractivity contribution is 0.201. The van der Waals surface area contributed by atoms with Crippen LogP contribution in [0.3, 0.4) is 0 Å². The number of pyridine rings is 1. The van der Waals surface area contributed by atoms with Crippen LogP contribution in [-0.4, -0.2) is 58.3 Å². The Morgan fingerprint density at radius 3 is 2.44 bits per heavy atom. The number of nitrogens with one attached hydrogen (secondary N) is 1. The van der Waals surface area contributed by atoms with E-state index in [2.05, 4.69) is 9.97 Å². The van der Waals surface area contributed by atoms with E-state index >= 15 is 0 Å². The lowest BCUT2D eigenvalue weighted by Gasteiger charge is -2.13. The highest BCUT2D eigenvalue weighted by atomic mass is 32.2. The molecule has 9 nitrogen and oxygen atoms in total. The molecule has 2 N–H and O–H groups in total. The van der Waals surface area contributed by atoms with Crippen molar-refractivity contribution in [2.24, 2.45) is 0 Å². The Labute approximate surface area is 198 Å². The molecule has 4 rings (SSSR count). The van der Waals surface area contributed by atoms with Crippen LogP contribution in [-0.2, 0) is 11.2 Å². The normalized spacial score (nSPS) is 11.9. The minimum atomic E-state index is -1.11. The Morgan fingerprint density at radius 2 is 1.79 bits per heavy atom. The second-order valence-electron chi connectivity index (χ2n) is 7.23. The molecule has 0 bridgehead atoms.